The van der Waals surface area contributed by atoms with Crippen LogP contribution in [0.25, 0.3) is 0 Å². The van der Waals surface area contributed by atoms with Crippen molar-refractivity contribution in [3.63, 3.8) is 0 Å². The molecule has 1 amide bonds. The van der Waals surface area contributed by atoms with Gasteiger partial charge in [0.25, 0.3) is 0 Å². The van der Waals surface area contributed by atoms with E-state index in [0.717, 1.165) is 43.8 Å². The molecule has 0 aromatic heterocycles. The Hall–Kier alpha value is -1.61. The molecule has 4 aliphatic rings. The van der Waals surface area contributed by atoms with Crippen LogP contribution in [-0.4, -0.2) is 36.5 Å². The van der Waals surface area contributed by atoms with E-state index in [4.69, 9.17) is 0 Å². The van der Waals surface area contributed by atoms with E-state index in [1.165, 1.54) is 72.9 Å². The van der Waals surface area contributed by atoms with E-state index in [1.807, 2.05) is 0 Å². The number of hydrogen-bond donors (Lipinski definition) is 0. The van der Waals surface area contributed by atoms with Gasteiger partial charge in [-0.25, -0.2) is 0 Å². The molecule has 0 spiro atoms. The molecule has 3 unspecified atom stereocenters. The summed E-state index contributed by atoms with van der Waals surface area (Å²) in [5.41, 5.74) is 6.72. The molecule has 0 N–H and O–H groups in total. The molecule has 2 aliphatic heterocycles. The number of allylic oxidation sites excluding steroid dienone is 1. The zero-order chi connectivity index (χ0) is 20.1. The number of piperidine rings is 1. The van der Waals surface area contributed by atoms with E-state index in [0.29, 0.717) is 5.91 Å². The number of likely N-dealkylation sites (tertiary alicyclic amines) is 1. The Morgan fingerprint density at radius 1 is 1.07 bits per heavy atom. The molecule has 2 aliphatic carbocycles. The van der Waals surface area contributed by atoms with E-state index in [9.17, 15) is 4.79 Å². The number of rotatable bonds is 5. The minimum atomic E-state index is 0.109. The van der Waals surface area contributed by atoms with Gasteiger partial charge in [0, 0.05) is 12.2 Å². The summed E-state index contributed by atoms with van der Waals surface area (Å²) in [5.74, 6) is 3.01. The van der Waals surface area contributed by atoms with Gasteiger partial charge in [0.15, 0.2) is 0 Å². The third-order valence-corrected chi connectivity index (χ3v) is 8.19. The SMILES string of the molecule is C=C1CC(C2CC2Cc2ccc(C)c(N3CCC(N4CCCCC4)C3=O)c2C)C1. The number of carbonyl (C=O) groups excluding carboxylic acids is 1. The Kier molecular flexibility index (Phi) is 5.06. The van der Waals surface area contributed by atoms with E-state index < -0.39 is 0 Å². The van der Waals surface area contributed by atoms with Gasteiger partial charge >= 0.3 is 0 Å². The van der Waals surface area contributed by atoms with E-state index in [1.54, 1.807) is 0 Å². The van der Waals surface area contributed by atoms with Gasteiger partial charge < -0.3 is 4.90 Å². The molecule has 156 valence electrons. The summed E-state index contributed by atoms with van der Waals surface area (Å²) >= 11 is 0. The van der Waals surface area contributed by atoms with Crippen LogP contribution in [0.15, 0.2) is 24.3 Å². The quantitative estimate of drug-likeness (QED) is 0.656. The van der Waals surface area contributed by atoms with Crippen LogP contribution >= 0.6 is 0 Å². The second kappa shape index (κ2) is 7.58. The van der Waals surface area contributed by atoms with Crippen LogP contribution in [0.3, 0.4) is 0 Å². The highest BCUT2D eigenvalue weighted by Gasteiger charge is 2.46. The highest BCUT2D eigenvalue weighted by molar-refractivity contribution is 6.00. The maximum absolute atomic E-state index is 13.4. The minimum absolute atomic E-state index is 0.109. The number of amides is 1. The second-order valence-corrected chi connectivity index (χ2v) is 10.2. The Bertz CT molecular complexity index is 814. The minimum Gasteiger partial charge on any atom is -0.310 e. The highest BCUT2D eigenvalue weighted by Crippen LogP contribution is 2.54. The van der Waals surface area contributed by atoms with Crippen molar-refractivity contribution in [1.29, 1.82) is 0 Å². The summed E-state index contributed by atoms with van der Waals surface area (Å²) in [6, 6.07) is 4.69. The van der Waals surface area contributed by atoms with Crippen molar-refractivity contribution in [3.8, 4) is 0 Å². The van der Waals surface area contributed by atoms with Crippen molar-refractivity contribution in [3.05, 3.63) is 41.0 Å². The molecule has 0 bridgehead atoms. The molecule has 2 saturated carbocycles. The monoisotopic (exact) mass is 392 g/mol. The molecule has 1 aromatic carbocycles. The number of nitrogens with zero attached hydrogens (tertiary/aromatic N) is 2. The van der Waals surface area contributed by atoms with Crippen molar-refractivity contribution >= 4 is 11.6 Å². The van der Waals surface area contributed by atoms with E-state index in [-0.39, 0.29) is 6.04 Å². The van der Waals surface area contributed by atoms with Crippen molar-refractivity contribution in [1.82, 2.24) is 4.90 Å². The van der Waals surface area contributed by atoms with Crippen molar-refractivity contribution < 1.29 is 4.79 Å². The van der Waals surface area contributed by atoms with Gasteiger partial charge in [-0.15, -0.1) is 0 Å². The lowest BCUT2D eigenvalue weighted by atomic mass is 9.77. The van der Waals surface area contributed by atoms with Crippen molar-refractivity contribution in [2.75, 3.05) is 24.5 Å². The first kappa shape index (κ1) is 19.4. The highest BCUT2D eigenvalue weighted by atomic mass is 16.2. The third-order valence-electron chi connectivity index (χ3n) is 8.19. The second-order valence-electron chi connectivity index (χ2n) is 10.2. The number of hydrogen-bond acceptors (Lipinski definition) is 2. The average molecular weight is 393 g/mol. The molecule has 0 radical (unpaired) electrons. The van der Waals surface area contributed by atoms with E-state index in [2.05, 4.69) is 42.4 Å². The molecule has 4 fully saturated rings. The predicted molar refractivity (Wildman–Crippen MR) is 119 cm³/mol. The molecule has 2 heterocycles. The van der Waals surface area contributed by atoms with Crippen molar-refractivity contribution in [2.24, 2.45) is 17.8 Å². The van der Waals surface area contributed by atoms with E-state index >= 15 is 0 Å². The average Bonchev–Trinajstić information content (AvgIpc) is 3.35. The lowest BCUT2D eigenvalue weighted by Crippen LogP contribution is -2.44. The zero-order valence-electron chi connectivity index (χ0n) is 18.3. The first-order valence-electron chi connectivity index (χ1n) is 11.8. The van der Waals surface area contributed by atoms with Gasteiger partial charge in [0.2, 0.25) is 5.91 Å². The van der Waals surface area contributed by atoms with Gasteiger partial charge in [-0.3, -0.25) is 9.69 Å². The maximum Gasteiger partial charge on any atom is 0.244 e. The molecular weight excluding hydrogens is 356 g/mol. The summed E-state index contributed by atoms with van der Waals surface area (Å²) in [5, 5.41) is 0. The summed E-state index contributed by atoms with van der Waals surface area (Å²) in [4.78, 5) is 17.9. The first-order valence-corrected chi connectivity index (χ1v) is 11.8. The molecule has 5 rings (SSSR count). The number of anilines is 1. The summed E-state index contributed by atoms with van der Waals surface area (Å²) < 4.78 is 0. The third kappa shape index (κ3) is 3.56. The summed E-state index contributed by atoms with van der Waals surface area (Å²) in [6.45, 7) is 11.6. The normalized spacial score (nSPS) is 30.7. The standard InChI is InChI=1S/C26H36N2O/c1-17-13-21(14-17)23-16-22(23)15-20-8-7-18(2)25(19(20)3)28-12-9-24(26(28)29)27-10-5-4-6-11-27/h7-8,21-24H,1,4-6,9-16H2,2-3H3. The van der Waals surface area contributed by atoms with Gasteiger partial charge in [-0.1, -0.05) is 30.7 Å². The van der Waals surface area contributed by atoms with Crippen LogP contribution in [0, 0.1) is 31.6 Å². The Morgan fingerprint density at radius 3 is 2.55 bits per heavy atom. The lowest BCUT2D eigenvalue weighted by molar-refractivity contribution is -0.122. The van der Waals surface area contributed by atoms with Gasteiger partial charge in [-0.2, -0.15) is 0 Å². The van der Waals surface area contributed by atoms with Crippen LogP contribution in [0.5, 0.6) is 0 Å². The number of aryl methyl sites for hydroxylation is 1. The lowest BCUT2D eigenvalue weighted by Gasteiger charge is -2.31. The van der Waals surface area contributed by atoms with Gasteiger partial charge in [-0.05, 0) is 106 Å². The van der Waals surface area contributed by atoms with Crippen LogP contribution in [0.4, 0.5) is 5.69 Å². The van der Waals surface area contributed by atoms with Crippen LogP contribution < -0.4 is 4.90 Å². The van der Waals surface area contributed by atoms with Crippen molar-refractivity contribution in [2.45, 2.75) is 71.3 Å². The molecule has 3 nitrogen and oxygen atoms in total. The largest absolute Gasteiger partial charge is 0.310 e. The van der Waals surface area contributed by atoms with Gasteiger partial charge in [0.05, 0.1) is 6.04 Å². The number of benzene rings is 1. The fourth-order valence-corrected chi connectivity index (χ4v) is 6.32. The zero-order valence-corrected chi connectivity index (χ0v) is 18.3. The Balaban J connectivity index is 1.31. The molecule has 29 heavy (non-hydrogen) atoms. The molecule has 3 atom stereocenters. The molecule has 3 heteroatoms. The number of carbonyl (C=O) groups is 1. The van der Waals surface area contributed by atoms with Gasteiger partial charge in [0.1, 0.15) is 0 Å². The summed E-state index contributed by atoms with van der Waals surface area (Å²) in [7, 11) is 0. The molecule has 1 aromatic rings. The molecular formula is C26H36N2O. The first-order chi connectivity index (χ1) is 14.0. The predicted octanol–water partition coefficient (Wildman–Crippen LogP) is 5.04. The van der Waals surface area contributed by atoms with Crippen LogP contribution in [-0.2, 0) is 11.2 Å². The Morgan fingerprint density at radius 2 is 1.83 bits per heavy atom. The fraction of sp³-hybridized carbons (Fsp3) is 0.654. The summed E-state index contributed by atoms with van der Waals surface area (Å²) in [6.07, 6.45) is 9.89. The van der Waals surface area contributed by atoms with Crippen LogP contribution in [0.1, 0.15) is 61.6 Å². The Labute approximate surface area is 176 Å². The maximum atomic E-state index is 13.4. The van der Waals surface area contributed by atoms with Crippen LogP contribution in [0.2, 0.25) is 0 Å². The fourth-order valence-electron chi connectivity index (χ4n) is 6.32. The molecule has 2 saturated heterocycles. The smallest absolute Gasteiger partial charge is 0.244 e. The topological polar surface area (TPSA) is 23.6 Å².